The third-order valence-electron chi connectivity index (χ3n) is 4.15. The number of anilines is 1. The molecule has 0 N–H and O–H groups in total. The number of amides is 1. The van der Waals surface area contributed by atoms with Gasteiger partial charge in [0.05, 0.1) is 0 Å². The van der Waals surface area contributed by atoms with Gasteiger partial charge in [-0.1, -0.05) is 35.9 Å². The van der Waals surface area contributed by atoms with Crippen molar-refractivity contribution in [1.82, 2.24) is 0 Å². The van der Waals surface area contributed by atoms with E-state index in [1.165, 1.54) is 16.0 Å². The van der Waals surface area contributed by atoms with Crippen LogP contribution in [-0.4, -0.2) is 11.9 Å². The van der Waals surface area contributed by atoms with Gasteiger partial charge in [0.15, 0.2) is 0 Å². The van der Waals surface area contributed by atoms with Crippen LogP contribution in [0.1, 0.15) is 36.6 Å². The predicted octanol–water partition coefficient (Wildman–Crippen LogP) is 4.97. The van der Waals surface area contributed by atoms with E-state index >= 15 is 0 Å². The van der Waals surface area contributed by atoms with E-state index in [4.69, 9.17) is 0 Å². The summed E-state index contributed by atoms with van der Waals surface area (Å²) in [4.78, 5) is 15.3. The molecule has 2 aromatic rings. The number of hydrogen-bond acceptors (Lipinski definition) is 2. The summed E-state index contributed by atoms with van der Waals surface area (Å²) in [7, 11) is 0. The maximum Gasteiger partial charge on any atom is 0.224 e. The molecule has 0 radical (unpaired) electrons. The van der Waals surface area contributed by atoms with Crippen molar-refractivity contribution < 1.29 is 4.79 Å². The molecule has 2 atom stereocenters. The van der Waals surface area contributed by atoms with Crippen molar-refractivity contribution in [2.45, 2.75) is 43.4 Å². The number of fused-ring (bicyclic) bond motifs is 1. The van der Waals surface area contributed by atoms with E-state index in [0.717, 1.165) is 12.1 Å². The Morgan fingerprint density at radius 2 is 1.91 bits per heavy atom. The molecule has 1 aliphatic rings. The lowest BCUT2D eigenvalue weighted by Gasteiger charge is -2.39. The van der Waals surface area contributed by atoms with E-state index in [2.05, 4.69) is 56.3 Å². The molecule has 2 nitrogen and oxygen atoms in total. The molecule has 1 aliphatic heterocycles. The molecule has 0 bridgehead atoms. The van der Waals surface area contributed by atoms with Gasteiger partial charge in [-0.25, -0.2) is 0 Å². The second-order valence-electron chi connectivity index (χ2n) is 5.96. The van der Waals surface area contributed by atoms with E-state index in [0.29, 0.717) is 5.25 Å². The first-order chi connectivity index (χ1) is 10.6. The first-order valence-electron chi connectivity index (χ1n) is 7.68. The molecular formula is C19H21NOS. The van der Waals surface area contributed by atoms with Gasteiger partial charge in [0.2, 0.25) is 5.91 Å². The van der Waals surface area contributed by atoms with Crippen molar-refractivity contribution in [3.8, 4) is 0 Å². The standard InChI is InChI=1S/C19H21NOS/c1-13-9-10-18-17(11-13)19(12-14(2)20(18)15(3)21)22-16-7-5-4-6-8-16/h4-11,14,19H,12H2,1-3H3/t14-,19+/m0/s1. The van der Waals surface area contributed by atoms with Gasteiger partial charge in [-0.3, -0.25) is 4.79 Å². The van der Waals surface area contributed by atoms with Crippen LogP contribution in [0.3, 0.4) is 0 Å². The molecule has 1 amide bonds. The molecule has 0 spiro atoms. The molecule has 1 heterocycles. The van der Waals surface area contributed by atoms with Gasteiger partial charge in [0.25, 0.3) is 0 Å². The van der Waals surface area contributed by atoms with Crippen molar-refractivity contribution in [3.63, 3.8) is 0 Å². The van der Waals surface area contributed by atoms with Crippen molar-refractivity contribution in [1.29, 1.82) is 0 Å². The smallest absolute Gasteiger partial charge is 0.224 e. The quantitative estimate of drug-likeness (QED) is 0.780. The molecule has 0 aliphatic carbocycles. The summed E-state index contributed by atoms with van der Waals surface area (Å²) in [5, 5.41) is 0.392. The summed E-state index contributed by atoms with van der Waals surface area (Å²) in [6, 6.07) is 17.2. The fraction of sp³-hybridized carbons (Fsp3) is 0.316. The van der Waals surface area contributed by atoms with Gasteiger partial charge in [0.1, 0.15) is 0 Å². The normalized spacial score (nSPS) is 20.6. The van der Waals surface area contributed by atoms with Crippen molar-refractivity contribution >= 4 is 23.4 Å². The Balaban J connectivity index is 2.00. The minimum atomic E-state index is 0.126. The van der Waals surface area contributed by atoms with Gasteiger partial charge >= 0.3 is 0 Å². The lowest BCUT2D eigenvalue weighted by atomic mass is 9.94. The molecule has 0 aromatic heterocycles. The van der Waals surface area contributed by atoms with Crippen LogP contribution < -0.4 is 4.90 Å². The molecule has 3 rings (SSSR count). The van der Waals surface area contributed by atoms with Gasteiger partial charge in [0, 0.05) is 28.8 Å². The topological polar surface area (TPSA) is 20.3 Å². The van der Waals surface area contributed by atoms with Crippen molar-refractivity contribution in [3.05, 3.63) is 59.7 Å². The first-order valence-corrected chi connectivity index (χ1v) is 8.56. The van der Waals surface area contributed by atoms with Crippen LogP contribution >= 0.6 is 11.8 Å². The first kappa shape index (κ1) is 15.2. The van der Waals surface area contributed by atoms with Crippen LogP contribution in [-0.2, 0) is 4.79 Å². The Morgan fingerprint density at radius 3 is 2.59 bits per heavy atom. The highest BCUT2D eigenvalue weighted by Gasteiger charge is 2.32. The highest BCUT2D eigenvalue weighted by Crippen LogP contribution is 2.47. The molecule has 2 aromatic carbocycles. The zero-order valence-corrected chi connectivity index (χ0v) is 14.1. The number of carbonyl (C=O) groups is 1. The van der Waals surface area contributed by atoms with Gasteiger partial charge in [-0.15, -0.1) is 11.8 Å². The second kappa shape index (κ2) is 6.17. The minimum absolute atomic E-state index is 0.126. The Hall–Kier alpha value is -1.74. The van der Waals surface area contributed by atoms with Gasteiger partial charge in [-0.05, 0) is 44.0 Å². The fourth-order valence-corrected chi connectivity index (χ4v) is 4.52. The highest BCUT2D eigenvalue weighted by atomic mass is 32.2. The molecule has 0 saturated heterocycles. The largest absolute Gasteiger partial charge is 0.310 e. The molecule has 114 valence electrons. The lowest BCUT2D eigenvalue weighted by Crippen LogP contribution is -2.41. The molecule has 0 saturated carbocycles. The summed E-state index contributed by atoms with van der Waals surface area (Å²) in [6.45, 7) is 5.91. The maximum absolute atomic E-state index is 12.0. The van der Waals surface area contributed by atoms with Crippen LogP contribution in [0.15, 0.2) is 53.4 Å². The monoisotopic (exact) mass is 311 g/mol. The molecular weight excluding hydrogens is 290 g/mol. The Labute approximate surface area is 136 Å². The van der Waals surface area contributed by atoms with E-state index in [1.54, 1.807) is 6.92 Å². The number of thioether (sulfide) groups is 1. The van der Waals surface area contributed by atoms with Gasteiger partial charge in [-0.2, -0.15) is 0 Å². The maximum atomic E-state index is 12.0. The summed E-state index contributed by atoms with van der Waals surface area (Å²) >= 11 is 1.90. The summed E-state index contributed by atoms with van der Waals surface area (Å²) in [5.41, 5.74) is 3.60. The zero-order chi connectivity index (χ0) is 15.7. The third-order valence-corrected chi connectivity index (χ3v) is 5.42. The summed E-state index contributed by atoms with van der Waals surface area (Å²) < 4.78 is 0. The number of benzene rings is 2. The SMILES string of the molecule is CC(=O)N1c2ccc(C)cc2[C@H](Sc2ccccc2)C[C@@H]1C. The number of hydrogen-bond donors (Lipinski definition) is 0. The average molecular weight is 311 g/mol. The van der Waals surface area contributed by atoms with Crippen LogP contribution in [0.2, 0.25) is 0 Å². The van der Waals surface area contributed by atoms with E-state index in [-0.39, 0.29) is 11.9 Å². The van der Waals surface area contributed by atoms with Gasteiger partial charge < -0.3 is 4.90 Å². The van der Waals surface area contributed by atoms with Crippen molar-refractivity contribution in [2.75, 3.05) is 4.90 Å². The minimum Gasteiger partial charge on any atom is -0.310 e. The van der Waals surface area contributed by atoms with E-state index < -0.39 is 0 Å². The Kier molecular flexibility index (Phi) is 4.25. The van der Waals surface area contributed by atoms with Crippen LogP contribution in [0, 0.1) is 6.92 Å². The number of nitrogens with zero attached hydrogens (tertiary/aromatic N) is 1. The molecule has 3 heteroatoms. The summed E-state index contributed by atoms with van der Waals surface area (Å²) in [6.07, 6.45) is 0.982. The second-order valence-corrected chi connectivity index (χ2v) is 7.23. The number of carbonyl (C=O) groups excluding carboxylic acids is 1. The highest BCUT2D eigenvalue weighted by molar-refractivity contribution is 7.99. The Morgan fingerprint density at radius 1 is 1.18 bits per heavy atom. The molecule has 0 fully saturated rings. The number of aryl methyl sites for hydroxylation is 1. The molecule has 0 unspecified atom stereocenters. The zero-order valence-electron chi connectivity index (χ0n) is 13.2. The Bertz CT molecular complexity index is 683. The van der Waals surface area contributed by atoms with Crippen LogP contribution in [0.25, 0.3) is 0 Å². The van der Waals surface area contributed by atoms with Crippen molar-refractivity contribution in [2.24, 2.45) is 0 Å². The summed E-state index contributed by atoms with van der Waals surface area (Å²) in [5.74, 6) is 0.126. The van der Waals surface area contributed by atoms with E-state index in [1.807, 2.05) is 22.7 Å². The third kappa shape index (κ3) is 2.91. The van der Waals surface area contributed by atoms with Crippen LogP contribution in [0.5, 0.6) is 0 Å². The molecule has 22 heavy (non-hydrogen) atoms. The number of rotatable bonds is 2. The lowest BCUT2D eigenvalue weighted by molar-refractivity contribution is -0.117. The fourth-order valence-electron chi connectivity index (χ4n) is 3.19. The van der Waals surface area contributed by atoms with Crippen LogP contribution in [0.4, 0.5) is 5.69 Å². The predicted molar refractivity (Wildman–Crippen MR) is 93.5 cm³/mol. The average Bonchev–Trinajstić information content (AvgIpc) is 2.48. The van der Waals surface area contributed by atoms with E-state index in [9.17, 15) is 4.79 Å².